The number of rotatable bonds is 6. The SMILES string of the molecule is CC(=O)NC(CSc1cc(C)c([N+](=O)[O-])cc1Br)C(=O)O. The number of halogens is 1. The van der Waals surface area contributed by atoms with Gasteiger partial charge in [0.1, 0.15) is 6.04 Å². The topological polar surface area (TPSA) is 110 Å². The van der Waals surface area contributed by atoms with Crippen molar-refractivity contribution in [1.82, 2.24) is 5.32 Å². The van der Waals surface area contributed by atoms with Crippen molar-refractivity contribution in [2.75, 3.05) is 5.75 Å². The first-order valence-electron chi connectivity index (χ1n) is 5.79. The highest BCUT2D eigenvalue weighted by molar-refractivity contribution is 9.10. The lowest BCUT2D eigenvalue weighted by atomic mass is 10.2. The first-order chi connectivity index (χ1) is 9.72. The van der Waals surface area contributed by atoms with Gasteiger partial charge in [-0.1, -0.05) is 0 Å². The van der Waals surface area contributed by atoms with E-state index in [9.17, 15) is 19.7 Å². The summed E-state index contributed by atoms with van der Waals surface area (Å²) in [5.41, 5.74) is 0.472. The Morgan fingerprint density at radius 2 is 2.14 bits per heavy atom. The Labute approximate surface area is 133 Å². The molecule has 21 heavy (non-hydrogen) atoms. The van der Waals surface area contributed by atoms with Crippen molar-refractivity contribution in [2.45, 2.75) is 24.8 Å². The molecule has 0 aromatic heterocycles. The predicted octanol–water partition coefficient (Wildman–Crippen LogP) is 2.35. The van der Waals surface area contributed by atoms with Crippen LogP contribution in [0.1, 0.15) is 12.5 Å². The molecule has 2 N–H and O–H groups in total. The molecule has 114 valence electrons. The van der Waals surface area contributed by atoms with Crippen LogP contribution in [0.4, 0.5) is 5.69 Å². The standard InChI is InChI=1S/C12H13BrN2O5S/c1-6-3-11(8(13)4-10(6)15(19)20)21-5-9(12(17)18)14-7(2)16/h3-4,9H,5H2,1-2H3,(H,14,16)(H,17,18). The molecule has 0 aliphatic carbocycles. The van der Waals surface area contributed by atoms with Crippen molar-refractivity contribution < 1.29 is 19.6 Å². The minimum atomic E-state index is -1.13. The Balaban J connectivity index is 2.88. The molecule has 0 aliphatic rings. The lowest BCUT2D eigenvalue weighted by Gasteiger charge is -2.13. The van der Waals surface area contributed by atoms with E-state index in [0.29, 0.717) is 14.9 Å². The van der Waals surface area contributed by atoms with Crippen molar-refractivity contribution in [3.63, 3.8) is 0 Å². The molecular weight excluding hydrogens is 364 g/mol. The van der Waals surface area contributed by atoms with Gasteiger partial charge in [-0.05, 0) is 28.9 Å². The first-order valence-corrected chi connectivity index (χ1v) is 7.57. The van der Waals surface area contributed by atoms with Crippen molar-refractivity contribution in [2.24, 2.45) is 0 Å². The average Bonchev–Trinajstić information content (AvgIpc) is 2.36. The third kappa shape index (κ3) is 5.01. The van der Waals surface area contributed by atoms with E-state index in [1.54, 1.807) is 13.0 Å². The molecule has 0 spiro atoms. The van der Waals surface area contributed by atoms with Crippen LogP contribution >= 0.6 is 27.7 Å². The second-order valence-corrected chi connectivity index (χ2v) is 6.14. The van der Waals surface area contributed by atoms with E-state index in [4.69, 9.17) is 5.11 Å². The fraction of sp³-hybridized carbons (Fsp3) is 0.333. The van der Waals surface area contributed by atoms with E-state index < -0.39 is 22.8 Å². The predicted molar refractivity (Wildman–Crippen MR) is 81.5 cm³/mol. The zero-order chi connectivity index (χ0) is 16.2. The van der Waals surface area contributed by atoms with Crippen LogP contribution in [-0.4, -0.2) is 33.7 Å². The number of aliphatic carboxylic acids is 1. The summed E-state index contributed by atoms with van der Waals surface area (Å²) in [4.78, 5) is 33.0. The van der Waals surface area contributed by atoms with Gasteiger partial charge in [-0.15, -0.1) is 11.8 Å². The molecule has 1 unspecified atom stereocenters. The molecule has 7 nitrogen and oxygen atoms in total. The molecule has 0 bridgehead atoms. The molecule has 1 amide bonds. The third-order valence-electron chi connectivity index (χ3n) is 2.53. The number of hydrogen-bond donors (Lipinski definition) is 2. The van der Waals surface area contributed by atoms with Gasteiger partial charge in [0, 0.05) is 33.7 Å². The Morgan fingerprint density at radius 3 is 2.62 bits per heavy atom. The highest BCUT2D eigenvalue weighted by Gasteiger charge is 2.20. The second-order valence-electron chi connectivity index (χ2n) is 4.23. The van der Waals surface area contributed by atoms with E-state index >= 15 is 0 Å². The number of amides is 1. The fourth-order valence-electron chi connectivity index (χ4n) is 1.54. The minimum absolute atomic E-state index is 0.0112. The molecule has 0 saturated heterocycles. The summed E-state index contributed by atoms with van der Waals surface area (Å²) >= 11 is 4.42. The highest BCUT2D eigenvalue weighted by Crippen LogP contribution is 2.33. The quantitative estimate of drug-likeness (QED) is 0.447. The van der Waals surface area contributed by atoms with Crippen LogP contribution < -0.4 is 5.32 Å². The average molecular weight is 377 g/mol. The van der Waals surface area contributed by atoms with Crippen molar-refractivity contribution >= 4 is 45.3 Å². The van der Waals surface area contributed by atoms with Gasteiger partial charge in [0.2, 0.25) is 5.91 Å². The van der Waals surface area contributed by atoms with Gasteiger partial charge >= 0.3 is 5.97 Å². The Kier molecular flexibility index (Phi) is 6.16. The maximum absolute atomic E-state index is 11.0. The van der Waals surface area contributed by atoms with Crippen LogP contribution in [-0.2, 0) is 9.59 Å². The van der Waals surface area contributed by atoms with Crippen LogP contribution in [0.2, 0.25) is 0 Å². The number of nitro benzene ring substituents is 1. The molecular formula is C12H13BrN2O5S. The molecule has 1 aromatic carbocycles. The largest absolute Gasteiger partial charge is 0.480 e. The third-order valence-corrected chi connectivity index (χ3v) is 4.60. The van der Waals surface area contributed by atoms with Crippen LogP contribution in [0.25, 0.3) is 0 Å². The zero-order valence-electron chi connectivity index (χ0n) is 11.3. The number of carbonyl (C=O) groups excluding carboxylic acids is 1. The Hall–Kier alpha value is -1.61. The number of nitro groups is 1. The minimum Gasteiger partial charge on any atom is -0.480 e. The summed E-state index contributed by atoms with van der Waals surface area (Å²) in [6.45, 7) is 2.85. The van der Waals surface area contributed by atoms with E-state index in [1.807, 2.05) is 0 Å². The maximum Gasteiger partial charge on any atom is 0.327 e. The molecule has 0 aliphatic heterocycles. The van der Waals surface area contributed by atoms with Gasteiger partial charge in [-0.3, -0.25) is 14.9 Å². The first kappa shape index (κ1) is 17.4. The lowest BCUT2D eigenvalue weighted by molar-refractivity contribution is -0.385. The summed E-state index contributed by atoms with van der Waals surface area (Å²) in [6.07, 6.45) is 0. The molecule has 1 aromatic rings. The monoisotopic (exact) mass is 376 g/mol. The van der Waals surface area contributed by atoms with E-state index in [-0.39, 0.29) is 11.4 Å². The molecule has 9 heteroatoms. The maximum atomic E-state index is 11.0. The van der Waals surface area contributed by atoms with Crippen molar-refractivity contribution in [3.8, 4) is 0 Å². The lowest BCUT2D eigenvalue weighted by Crippen LogP contribution is -2.41. The molecule has 1 rings (SSSR count). The number of benzene rings is 1. The van der Waals surface area contributed by atoms with Crippen LogP contribution in [0.15, 0.2) is 21.5 Å². The number of carboxylic acid groups (broad SMARTS) is 1. The number of carboxylic acids is 1. The molecule has 1 atom stereocenters. The van der Waals surface area contributed by atoms with Gasteiger partial charge in [-0.2, -0.15) is 0 Å². The van der Waals surface area contributed by atoms with Gasteiger partial charge in [0.05, 0.1) is 4.92 Å². The fourth-order valence-corrected chi connectivity index (χ4v) is 3.25. The summed E-state index contributed by atoms with van der Waals surface area (Å²) in [6, 6.07) is 1.97. The number of aryl methyl sites for hydroxylation is 1. The molecule has 0 heterocycles. The van der Waals surface area contributed by atoms with Crippen LogP contribution in [0.3, 0.4) is 0 Å². The second kappa shape index (κ2) is 7.41. The smallest absolute Gasteiger partial charge is 0.327 e. The zero-order valence-corrected chi connectivity index (χ0v) is 13.7. The molecule has 0 radical (unpaired) electrons. The van der Waals surface area contributed by atoms with Gasteiger partial charge in [0.25, 0.3) is 5.69 Å². The number of thioether (sulfide) groups is 1. The van der Waals surface area contributed by atoms with Gasteiger partial charge < -0.3 is 10.4 Å². The summed E-state index contributed by atoms with van der Waals surface area (Å²) in [5.74, 6) is -1.44. The van der Waals surface area contributed by atoms with E-state index in [1.165, 1.54) is 24.8 Å². The summed E-state index contributed by atoms with van der Waals surface area (Å²) < 4.78 is 0.511. The summed E-state index contributed by atoms with van der Waals surface area (Å²) in [7, 11) is 0. The molecule has 0 saturated carbocycles. The Morgan fingerprint density at radius 1 is 1.52 bits per heavy atom. The van der Waals surface area contributed by atoms with Crippen molar-refractivity contribution in [3.05, 3.63) is 32.3 Å². The number of nitrogens with zero attached hydrogens (tertiary/aromatic N) is 1. The normalized spacial score (nSPS) is 11.8. The van der Waals surface area contributed by atoms with Crippen LogP contribution in [0.5, 0.6) is 0 Å². The summed E-state index contributed by atoms with van der Waals surface area (Å²) in [5, 5.41) is 22.2. The molecule has 0 fully saturated rings. The van der Waals surface area contributed by atoms with Gasteiger partial charge in [0.15, 0.2) is 0 Å². The highest BCUT2D eigenvalue weighted by atomic mass is 79.9. The number of carbonyl (C=O) groups is 2. The van der Waals surface area contributed by atoms with Gasteiger partial charge in [-0.25, -0.2) is 4.79 Å². The number of nitrogens with one attached hydrogen (secondary N) is 1. The van der Waals surface area contributed by atoms with Crippen LogP contribution in [0, 0.1) is 17.0 Å². The number of hydrogen-bond acceptors (Lipinski definition) is 5. The van der Waals surface area contributed by atoms with E-state index in [0.717, 1.165) is 0 Å². The van der Waals surface area contributed by atoms with Crippen molar-refractivity contribution in [1.29, 1.82) is 0 Å². The van der Waals surface area contributed by atoms with E-state index in [2.05, 4.69) is 21.2 Å². The Bertz CT molecular complexity index is 593.